The predicted octanol–water partition coefficient (Wildman–Crippen LogP) is 2.02. The molecular weight excluding hydrogens is 206 g/mol. The van der Waals surface area contributed by atoms with E-state index in [2.05, 4.69) is 38.6 Å². The molecule has 0 saturated heterocycles. The molecule has 1 N–H and O–H groups in total. The Morgan fingerprint density at radius 2 is 2.40 bits per heavy atom. The van der Waals surface area contributed by atoms with Gasteiger partial charge in [0.05, 0.1) is 17.2 Å². The fourth-order valence-corrected chi connectivity index (χ4v) is 2.20. The van der Waals surface area contributed by atoms with Crippen molar-refractivity contribution in [2.24, 2.45) is 0 Å². The molecule has 0 aromatic carbocycles. The highest BCUT2D eigenvalue weighted by atomic mass is 32.1. The van der Waals surface area contributed by atoms with Gasteiger partial charge in [0.15, 0.2) is 0 Å². The summed E-state index contributed by atoms with van der Waals surface area (Å²) in [4.78, 5) is 4.46. The lowest BCUT2D eigenvalue weighted by Gasteiger charge is -2.06. The Balaban J connectivity index is 2.13. The zero-order chi connectivity index (χ0) is 10.7. The molecule has 2 aromatic heterocycles. The lowest BCUT2D eigenvalue weighted by Crippen LogP contribution is -2.11. The quantitative estimate of drug-likeness (QED) is 0.856. The Kier molecular flexibility index (Phi) is 3.18. The first kappa shape index (κ1) is 10.4. The van der Waals surface area contributed by atoms with Crippen LogP contribution in [0.15, 0.2) is 23.7 Å². The number of aryl methyl sites for hydroxylation is 1. The van der Waals surface area contributed by atoms with Gasteiger partial charge in [-0.25, -0.2) is 4.98 Å². The van der Waals surface area contributed by atoms with Gasteiger partial charge in [0.2, 0.25) is 0 Å². The fourth-order valence-electron chi connectivity index (χ4n) is 1.60. The molecule has 0 aliphatic heterocycles. The second-order valence-corrected chi connectivity index (χ2v) is 4.58. The highest BCUT2D eigenvalue weighted by molar-refractivity contribution is 7.09. The summed E-state index contributed by atoms with van der Waals surface area (Å²) < 4.78 is 2.23. The molecule has 0 amide bonds. The molecule has 0 atom stereocenters. The topological polar surface area (TPSA) is 29.9 Å². The Morgan fingerprint density at radius 3 is 3.07 bits per heavy atom. The van der Waals surface area contributed by atoms with Gasteiger partial charge < -0.3 is 9.88 Å². The van der Waals surface area contributed by atoms with Crippen molar-refractivity contribution >= 4 is 11.3 Å². The van der Waals surface area contributed by atoms with Crippen LogP contribution in [0.5, 0.6) is 0 Å². The normalized spacial score (nSPS) is 10.8. The van der Waals surface area contributed by atoms with Crippen LogP contribution in [0, 0.1) is 6.92 Å². The van der Waals surface area contributed by atoms with Gasteiger partial charge in [0, 0.05) is 23.8 Å². The lowest BCUT2D eigenvalue weighted by atomic mass is 10.4. The van der Waals surface area contributed by atoms with Crippen molar-refractivity contribution in [3.8, 4) is 0 Å². The number of hydrogen-bond donors (Lipinski definition) is 1. The third-order valence-electron chi connectivity index (χ3n) is 2.28. The van der Waals surface area contributed by atoms with Crippen LogP contribution in [0.25, 0.3) is 0 Å². The number of thiazole rings is 1. The van der Waals surface area contributed by atoms with Crippen LogP contribution in [0.3, 0.4) is 0 Å². The van der Waals surface area contributed by atoms with Crippen LogP contribution < -0.4 is 5.32 Å². The lowest BCUT2D eigenvalue weighted by molar-refractivity contribution is 0.686. The molecule has 0 aliphatic carbocycles. The number of nitrogens with zero attached hydrogens (tertiary/aromatic N) is 2. The summed E-state index contributed by atoms with van der Waals surface area (Å²) in [5.41, 5.74) is 2.44. The minimum Gasteiger partial charge on any atom is -0.344 e. The molecule has 2 rings (SSSR count). The van der Waals surface area contributed by atoms with E-state index in [4.69, 9.17) is 0 Å². The molecule has 0 fully saturated rings. The maximum atomic E-state index is 4.46. The van der Waals surface area contributed by atoms with Gasteiger partial charge in [0.25, 0.3) is 0 Å². The summed E-state index contributed by atoms with van der Waals surface area (Å²) in [6, 6.07) is 4.21. The number of rotatable bonds is 4. The van der Waals surface area contributed by atoms with E-state index in [1.54, 1.807) is 11.3 Å². The van der Waals surface area contributed by atoms with E-state index in [1.165, 1.54) is 5.69 Å². The molecule has 15 heavy (non-hydrogen) atoms. The molecule has 2 heterocycles. The summed E-state index contributed by atoms with van der Waals surface area (Å²) in [6.45, 7) is 3.81. The largest absolute Gasteiger partial charge is 0.344 e. The summed E-state index contributed by atoms with van der Waals surface area (Å²) in [5, 5.41) is 6.42. The van der Waals surface area contributed by atoms with Crippen molar-refractivity contribution in [3.63, 3.8) is 0 Å². The second-order valence-electron chi connectivity index (χ2n) is 3.52. The van der Waals surface area contributed by atoms with Crippen molar-refractivity contribution in [2.75, 3.05) is 7.05 Å². The van der Waals surface area contributed by atoms with E-state index >= 15 is 0 Å². The van der Waals surface area contributed by atoms with Gasteiger partial charge in [-0.2, -0.15) is 0 Å². The first-order valence-corrected chi connectivity index (χ1v) is 5.87. The van der Waals surface area contributed by atoms with Crippen LogP contribution in [-0.2, 0) is 13.1 Å². The molecule has 0 spiro atoms. The smallest absolute Gasteiger partial charge is 0.0898 e. The van der Waals surface area contributed by atoms with Gasteiger partial charge in [0.1, 0.15) is 0 Å². The van der Waals surface area contributed by atoms with E-state index < -0.39 is 0 Å². The van der Waals surface area contributed by atoms with Crippen molar-refractivity contribution in [1.29, 1.82) is 0 Å². The Morgan fingerprint density at radius 1 is 1.53 bits per heavy atom. The van der Waals surface area contributed by atoms with Gasteiger partial charge in [-0.05, 0) is 26.1 Å². The molecule has 2 aromatic rings. The molecule has 0 aliphatic rings. The molecule has 3 nitrogen and oxygen atoms in total. The molecule has 0 bridgehead atoms. The SMILES string of the molecule is CNCc1cccn1Cc1csc(C)n1. The van der Waals surface area contributed by atoms with Crippen molar-refractivity contribution in [2.45, 2.75) is 20.0 Å². The maximum Gasteiger partial charge on any atom is 0.0898 e. The van der Waals surface area contributed by atoms with Crippen molar-refractivity contribution in [3.05, 3.63) is 40.1 Å². The summed E-state index contributed by atoms with van der Waals surface area (Å²) in [7, 11) is 1.96. The van der Waals surface area contributed by atoms with Crippen molar-refractivity contribution in [1.82, 2.24) is 14.9 Å². The molecule has 4 heteroatoms. The molecule has 80 valence electrons. The maximum absolute atomic E-state index is 4.46. The van der Waals surface area contributed by atoms with E-state index in [9.17, 15) is 0 Å². The molecule has 0 unspecified atom stereocenters. The number of hydrogen-bond acceptors (Lipinski definition) is 3. The summed E-state index contributed by atoms with van der Waals surface area (Å²) >= 11 is 1.71. The molecule has 0 saturated carbocycles. The van der Waals surface area contributed by atoms with E-state index in [0.29, 0.717) is 0 Å². The van der Waals surface area contributed by atoms with E-state index in [1.807, 2.05) is 14.0 Å². The molecular formula is C11H15N3S. The van der Waals surface area contributed by atoms with Gasteiger partial charge in [-0.3, -0.25) is 0 Å². The van der Waals surface area contributed by atoms with Crippen LogP contribution >= 0.6 is 11.3 Å². The Labute approximate surface area is 93.8 Å². The molecule has 0 radical (unpaired) electrons. The standard InChI is InChI=1S/C11H15N3S/c1-9-13-10(8-15-9)7-14-5-3-4-11(14)6-12-2/h3-5,8,12H,6-7H2,1-2H3. The minimum atomic E-state index is 0.869. The highest BCUT2D eigenvalue weighted by Crippen LogP contribution is 2.11. The third kappa shape index (κ3) is 2.46. The average Bonchev–Trinajstić information content (AvgIpc) is 2.78. The van der Waals surface area contributed by atoms with Crippen LogP contribution in [0.4, 0.5) is 0 Å². The van der Waals surface area contributed by atoms with Crippen molar-refractivity contribution < 1.29 is 0 Å². The van der Waals surface area contributed by atoms with Crippen LogP contribution in [0.2, 0.25) is 0 Å². The fraction of sp³-hybridized carbons (Fsp3) is 0.364. The van der Waals surface area contributed by atoms with Gasteiger partial charge in [-0.15, -0.1) is 11.3 Å². The zero-order valence-corrected chi connectivity index (χ0v) is 9.84. The Bertz CT molecular complexity index is 430. The third-order valence-corrected chi connectivity index (χ3v) is 3.10. The monoisotopic (exact) mass is 221 g/mol. The first-order valence-electron chi connectivity index (χ1n) is 4.99. The number of aromatic nitrogens is 2. The highest BCUT2D eigenvalue weighted by Gasteiger charge is 2.03. The second kappa shape index (κ2) is 4.59. The van der Waals surface area contributed by atoms with Gasteiger partial charge >= 0.3 is 0 Å². The predicted molar refractivity (Wildman–Crippen MR) is 63.1 cm³/mol. The Hall–Kier alpha value is -1.13. The van der Waals surface area contributed by atoms with E-state index in [-0.39, 0.29) is 0 Å². The summed E-state index contributed by atoms with van der Waals surface area (Å²) in [6.07, 6.45) is 2.10. The summed E-state index contributed by atoms with van der Waals surface area (Å²) in [5.74, 6) is 0. The van der Waals surface area contributed by atoms with Crippen LogP contribution in [-0.4, -0.2) is 16.6 Å². The average molecular weight is 221 g/mol. The first-order chi connectivity index (χ1) is 7.29. The van der Waals surface area contributed by atoms with Crippen LogP contribution in [0.1, 0.15) is 16.4 Å². The van der Waals surface area contributed by atoms with E-state index in [0.717, 1.165) is 23.8 Å². The minimum absolute atomic E-state index is 0.869. The zero-order valence-electron chi connectivity index (χ0n) is 9.03. The number of nitrogens with one attached hydrogen (secondary N) is 1. The van der Waals surface area contributed by atoms with Gasteiger partial charge in [-0.1, -0.05) is 0 Å².